The standard InChI is InChI=1S/C21H18F6N4O4/c22-12-6-9(16-29-30-17(35-16)15(23)24)5-10-11(12)7-31(18(10)32)14-8-34-4-1-13(14)28-19(33)20(2-3-20)21(25,26)27/h5-6,13-15H,1-4,7-8H2,(H,28,33)/t13-,14-/m1/s1. The van der Waals surface area contributed by atoms with Gasteiger partial charge < -0.3 is 19.4 Å². The number of aromatic nitrogens is 2. The maximum absolute atomic E-state index is 14.9. The van der Waals surface area contributed by atoms with E-state index in [9.17, 15) is 35.9 Å². The Hall–Kier alpha value is -3.16. The van der Waals surface area contributed by atoms with Crippen LogP contribution in [0.15, 0.2) is 16.5 Å². The topological polar surface area (TPSA) is 97.6 Å². The number of rotatable bonds is 5. The van der Waals surface area contributed by atoms with Crippen LogP contribution in [0.5, 0.6) is 0 Å². The second-order valence-corrected chi connectivity index (χ2v) is 8.75. The van der Waals surface area contributed by atoms with Gasteiger partial charge in [0.1, 0.15) is 11.2 Å². The second kappa shape index (κ2) is 8.21. The minimum atomic E-state index is -4.68. The molecule has 2 aromatic rings. The quantitative estimate of drug-likeness (QED) is 0.628. The zero-order valence-electron chi connectivity index (χ0n) is 17.9. The summed E-state index contributed by atoms with van der Waals surface area (Å²) in [7, 11) is 0. The molecule has 2 amide bonds. The van der Waals surface area contributed by atoms with Gasteiger partial charge in [0.15, 0.2) is 0 Å². The third kappa shape index (κ3) is 3.93. The Labute approximate surface area is 193 Å². The van der Waals surface area contributed by atoms with E-state index >= 15 is 0 Å². The van der Waals surface area contributed by atoms with Crippen LogP contribution in [0.2, 0.25) is 0 Å². The number of halogens is 6. The zero-order valence-corrected chi connectivity index (χ0v) is 17.9. The zero-order chi connectivity index (χ0) is 25.1. The third-order valence-corrected chi connectivity index (χ3v) is 6.66. The molecule has 8 nitrogen and oxygen atoms in total. The smallest absolute Gasteiger partial charge is 0.403 e. The Bertz CT molecular complexity index is 1180. The molecule has 3 heterocycles. The third-order valence-electron chi connectivity index (χ3n) is 6.66. The van der Waals surface area contributed by atoms with Gasteiger partial charge in [0, 0.05) is 23.3 Å². The van der Waals surface area contributed by atoms with Crippen LogP contribution in [-0.4, -0.2) is 58.4 Å². The molecule has 1 aliphatic carbocycles. The molecule has 1 aromatic carbocycles. The van der Waals surface area contributed by atoms with E-state index in [-0.39, 0.29) is 55.7 Å². The highest BCUT2D eigenvalue weighted by Crippen LogP contribution is 2.57. The largest absolute Gasteiger partial charge is 0.415 e. The molecule has 35 heavy (non-hydrogen) atoms. The molecule has 188 valence electrons. The Morgan fingerprint density at radius 3 is 2.60 bits per heavy atom. The summed E-state index contributed by atoms with van der Waals surface area (Å²) in [6.07, 6.45) is -8.16. The van der Waals surface area contributed by atoms with E-state index < -0.39 is 59.5 Å². The lowest BCUT2D eigenvalue weighted by Gasteiger charge is -2.38. The molecule has 2 aliphatic heterocycles. The van der Waals surface area contributed by atoms with E-state index in [2.05, 4.69) is 15.5 Å². The van der Waals surface area contributed by atoms with Gasteiger partial charge in [-0.2, -0.15) is 22.0 Å². The molecule has 3 aliphatic rings. The number of amides is 2. The van der Waals surface area contributed by atoms with Crippen molar-refractivity contribution >= 4 is 11.8 Å². The molecule has 2 fully saturated rings. The number of fused-ring (bicyclic) bond motifs is 1. The van der Waals surface area contributed by atoms with Crippen LogP contribution in [0.3, 0.4) is 0 Å². The number of carbonyl (C=O) groups is 2. The lowest BCUT2D eigenvalue weighted by Crippen LogP contribution is -2.58. The SMILES string of the molecule is O=C1c2cc(-c3nnc(C(F)F)o3)cc(F)c2CN1[C@@H]1COCC[C@H]1NC(=O)C1(C(F)(F)F)CC1. The Morgan fingerprint density at radius 2 is 1.97 bits per heavy atom. The maximum atomic E-state index is 14.9. The minimum absolute atomic E-state index is 0.0111. The average Bonchev–Trinajstić information content (AvgIpc) is 3.37. The van der Waals surface area contributed by atoms with Crippen molar-refractivity contribution in [2.24, 2.45) is 5.41 Å². The molecule has 1 aromatic heterocycles. The fraction of sp³-hybridized carbons (Fsp3) is 0.524. The summed E-state index contributed by atoms with van der Waals surface area (Å²) >= 11 is 0. The monoisotopic (exact) mass is 504 g/mol. The van der Waals surface area contributed by atoms with Crippen molar-refractivity contribution < 1.29 is 45.1 Å². The molecule has 2 atom stereocenters. The van der Waals surface area contributed by atoms with Crippen molar-refractivity contribution in [3.8, 4) is 11.5 Å². The Balaban J connectivity index is 1.38. The van der Waals surface area contributed by atoms with Crippen molar-refractivity contribution in [1.29, 1.82) is 0 Å². The number of hydrogen-bond acceptors (Lipinski definition) is 6. The molecular weight excluding hydrogens is 486 g/mol. The highest BCUT2D eigenvalue weighted by Gasteiger charge is 2.68. The number of hydrogen-bond donors (Lipinski definition) is 1. The van der Waals surface area contributed by atoms with Crippen molar-refractivity contribution in [1.82, 2.24) is 20.4 Å². The van der Waals surface area contributed by atoms with Crippen molar-refractivity contribution in [3.05, 3.63) is 35.0 Å². The van der Waals surface area contributed by atoms with Crippen molar-refractivity contribution in [2.45, 2.75) is 50.5 Å². The molecule has 5 rings (SSSR count). The summed E-state index contributed by atoms with van der Waals surface area (Å²) in [5.41, 5.74) is -2.57. The van der Waals surface area contributed by atoms with Crippen LogP contribution in [0.4, 0.5) is 26.3 Å². The van der Waals surface area contributed by atoms with Gasteiger partial charge in [-0.25, -0.2) is 4.39 Å². The van der Waals surface area contributed by atoms with E-state index in [1.807, 2.05) is 0 Å². The molecule has 1 saturated carbocycles. The van der Waals surface area contributed by atoms with Crippen molar-refractivity contribution in [3.63, 3.8) is 0 Å². The highest BCUT2D eigenvalue weighted by atomic mass is 19.4. The van der Waals surface area contributed by atoms with Gasteiger partial charge in [-0.05, 0) is 31.4 Å². The van der Waals surface area contributed by atoms with Gasteiger partial charge in [0.05, 0.1) is 25.2 Å². The summed E-state index contributed by atoms with van der Waals surface area (Å²) in [6.45, 7) is -0.117. The van der Waals surface area contributed by atoms with E-state index in [4.69, 9.17) is 9.15 Å². The molecule has 0 unspecified atom stereocenters. The molecule has 1 saturated heterocycles. The van der Waals surface area contributed by atoms with Crippen LogP contribution in [0.1, 0.15) is 47.5 Å². The van der Waals surface area contributed by atoms with E-state index in [0.29, 0.717) is 0 Å². The van der Waals surface area contributed by atoms with E-state index in [0.717, 1.165) is 6.07 Å². The van der Waals surface area contributed by atoms with Gasteiger partial charge in [-0.1, -0.05) is 0 Å². The van der Waals surface area contributed by atoms with E-state index in [1.54, 1.807) is 0 Å². The normalized spacial score (nSPS) is 23.5. The number of nitrogens with zero attached hydrogens (tertiary/aromatic N) is 3. The molecule has 0 spiro atoms. The van der Waals surface area contributed by atoms with Crippen LogP contribution in [0, 0.1) is 11.2 Å². The van der Waals surface area contributed by atoms with Crippen LogP contribution in [-0.2, 0) is 16.1 Å². The first-order valence-electron chi connectivity index (χ1n) is 10.7. The summed E-state index contributed by atoms with van der Waals surface area (Å²) in [5, 5.41) is 9.07. The minimum Gasteiger partial charge on any atom is -0.415 e. The van der Waals surface area contributed by atoms with Gasteiger partial charge in [0.2, 0.25) is 11.8 Å². The summed E-state index contributed by atoms with van der Waals surface area (Å²) in [5.74, 6) is -3.98. The van der Waals surface area contributed by atoms with Gasteiger partial charge >= 0.3 is 12.6 Å². The second-order valence-electron chi connectivity index (χ2n) is 8.75. The maximum Gasteiger partial charge on any atom is 0.403 e. The Morgan fingerprint density at radius 1 is 1.23 bits per heavy atom. The predicted molar refractivity (Wildman–Crippen MR) is 103 cm³/mol. The molecule has 0 bridgehead atoms. The summed E-state index contributed by atoms with van der Waals surface area (Å²) in [4.78, 5) is 26.9. The first-order chi connectivity index (χ1) is 16.5. The van der Waals surface area contributed by atoms with Gasteiger partial charge in [-0.15, -0.1) is 10.2 Å². The number of carbonyl (C=O) groups excluding carboxylic acids is 2. The van der Waals surface area contributed by atoms with Crippen molar-refractivity contribution in [2.75, 3.05) is 13.2 Å². The van der Waals surface area contributed by atoms with Crippen LogP contribution in [0.25, 0.3) is 11.5 Å². The summed E-state index contributed by atoms with van der Waals surface area (Å²) in [6, 6.07) is 0.522. The summed E-state index contributed by atoms with van der Waals surface area (Å²) < 4.78 is 90.7. The van der Waals surface area contributed by atoms with Crippen LogP contribution >= 0.6 is 0 Å². The fourth-order valence-corrected chi connectivity index (χ4v) is 4.48. The highest BCUT2D eigenvalue weighted by molar-refractivity contribution is 5.99. The van der Waals surface area contributed by atoms with Gasteiger partial charge in [-0.3, -0.25) is 9.59 Å². The molecule has 0 radical (unpaired) electrons. The molecule has 14 heteroatoms. The lowest BCUT2D eigenvalue weighted by atomic mass is 9.99. The fourth-order valence-electron chi connectivity index (χ4n) is 4.48. The van der Waals surface area contributed by atoms with Gasteiger partial charge in [0.25, 0.3) is 11.8 Å². The number of benzene rings is 1. The Kier molecular flexibility index (Phi) is 5.53. The number of nitrogens with one attached hydrogen (secondary N) is 1. The van der Waals surface area contributed by atoms with Crippen LogP contribution < -0.4 is 5.32 Å². The molecular formula is C21H18F6N4O4. The average molecular weight is 504 g/mol. The molecule has 1 N–H and O–H groups in total. The first kappa shape index (κ1) is 23.6. The number of alkyl halides is 5. The predicted octanol–water partition coefficient (Wildman–Crippen LogP) is 3.39. The number of ether oxygens (including phenoxy) is 1. The lowest BCUT2D eigenvalue weighted by molar-refractivity contribution is -0.193. The van der Waals surface area contributed by atoms with E-state index in [1.165, 1.54) is 11.0 Å². The first-order valence-corrected chi connectivity index (χ1v) is 10.7.